The van der Waals surface area contributed by atoms with Gasteiger partial charge in [0, 0.05) is 44.4 Å². The number of likely N-dealkylation sites (tertiary alicyclic amines) is 1. The standard InChI is InChI=1S/C22H30N4O/c1-15-5-6-20(7-16(15)2)26-13-17(11-23-26)12-24(3)21-8-18-10-22(27)25(4)14-19(18)9-21/h5-7,11,13,18-19,21H,8-10,12,14H2,1-4H3/t18-,19+,21-/m0/s1. The van der Waals surface area contributed by atoms with Crippen LogP contribution in [0.1, 0.15) is 36.0 Å². The van der Waals surface area contributed by atoms with E-state index in [1.807, 2.05) is 22.8 Å². The monoisotopic (exact) mass is 366 g/mol. The summed E-state index contributed by atoms with van der Waals surface area (Å²) < 4.78 is 1.97. The van der Waals surface area contributed by atoms with Crippen molar-refractivity contribution in [3.63, 3.8) is 0 Å². The summed E-state index contributed by atoms with van der Waals surface area (Å²) in [5, 5.41) is 4.57. The highest BCUT2D eigenvalue weighted by Gasteiger charge is 2.41. The summed E-state index contributed by atoms with van der Waals surface area (Å²) in [6.45, 7) is 6.10. The molecular formula is C22H30N4O. The van der Waals surface area contributed by atoms with Crippen molar-refractivity contribution in [1.29, 1.82) is 0 Å². The first-order valence-corrected chi connectivity index (χ1v) is 9.96. The SMILES string of the molecule is Cc1ccc(-n2cc(CN(C)[C@H]3C[C@H]4CC(=O)N(C)C[C@H]4C3)cn2)cc1C. The molecule has 4 rings (SSSR count). The Morgan fingerprint density at radius 1 is 1.19 bits per heavy atom. The van der Waals surface area contributed by atoms with Crippen LogP contribution in [-0.2, 0) is 11.3 Å². The lowest BCUT2D eigenvalue weighted by Gasteiger charge is -2.31. The molecule has 27 heavy (non-hydrogen) atoms. The number of aryl methyl sites for hydroxylation is 2. The van der Waals surface area contributed by atoms with Crippen molar-refractivity contribution in [2.45, 2.75) is 45.7 Å². The van der Waals surface area contributed by atoms with Crippen molar-refractivity contribution >= 4 is 5.91 Å². The summed E-state index contributed by atoms with van der Waals surface area (Å²) in [5.74, 6) is 1.55. The topological polar surface area (TPSA) is 41.4 Å². The van der Waals surface area contributed by atoms with E-state index in [0.717, 1.165) is 31.6 Å². The Labute approximate surface area is 162 Å². The Morgan fingerprint density at radius 2 is 1.96 bits per heavy atom. The number of carbonyl (C=O) groups excluding carboxylic acids is 1. The molecule has 0 unspecified atom stereocenters. The summed E-state index contributed by atoms with van der Waals surface area (Å²) in [7, 11) is 4.15. The molecule has 144 valence electrons. The molecule has 2 heterocycles. The number of carbonyl (C=O) groups is 1. The number of hydrogen-bond acceptors (Lipinski definition) is 3. The number of rotatable bonds is 4. The molecule has 3 atom stereocenters. The normalized spacial score (nSPS) is 25.3. The lowest BCUT2D eigenvalue weighted by Crippen LogP contribution is -2.39. The Balaban J connectivity index is 1.40. The van der Waals surface area contributed by atoms with Gasteiger partial charge in [0.25, 0.3) is 0 Å². The minimum atomic E-state index is 0.314. The summed E-state index contributed by atoms with van der Waals surface area (Å²) in [4.78, 5) is 16.4. The van der Waals surface area contributed by atoms with Gasteiger partial charge in [-0.15, -0.1) is 0 Å². The third-order valence-electron chi connectivity index (χ3n) is 6.63. The van der Waals surface area contributed by atoms with E-state index in [1.54, 1.807) is 0 Å². The van der Waals surface area contributed by atoms with E-state index >= 15 is 0 Å². The molecule has 0 bridgehead atoms. The molecule has 0 spiro atoms. The first-order chi connectivity index (χ1) is 12.9. The number of hydrogen-bond donors (Lipinski definition) is 0. The van der Waals surface area contributed by atoms with Gasteiger partial charge in [-0.2, -0.15) is 5.10 Å². The van der Waals surface area contributed by atoms with Crippen LogP contribution in [0.15, 0.2) is 30.6 Å². The number of nitrogens with zero attached hydrogens (tertiary/aromatic N) is 4. The fourth-order valence-corrected chi connectivity index (χ4v) is 4.72. The highest BCUT2D eigenvalue weighted by atomic mass is 16.2. The maximum Gasteiger partial charge on any atom is 0.222 e. The lowest BCUT2D eigenvalue weighted by atomic mass is 9.88. The largest absolute Gasteiger partial charge is 0.345 e. The van der Waals surface area contributed by atoms with E-state index in [1.165, 1.54) is 23.1 Å². The van der Waals surface area contributed by atoms with Crippen LogP contribution in [0.4, 0.5) is 0 Å². The second-order valence-corrected chi connectivity index (χ2v) is 8.60. The molecule has 5 heteroatoms. The van der Waals surface area contributed by atoms with Gasteiger partial charge in [-0.25, -0.2) is 4.68 Å². The highest BCUT2D eigenvalue weighted by molar-refractivity contribution is 5.77. The number of benzene rings is 1. The summed E-state index contributed by atoms with van der Waals surface area (Å²) >= 11 is 0. The van der Waals surface area contributed by atoms with Crippen molar-refractivity contribution in [1.82, 2.24) is 19.6 Å². The molecule has 2 aliphatic rings. The molecular weight excluding hydrogens is 336 g/mol. The Morgan fingerprint density at radius 3 is 2.74 bits per heavy atom. The molecule has 1 aromatic heterocycles. The molecule has 1 aromatic carbocycles. The average molecular weight is 367 g/mol. The van der Waals surface area contributed by atoms with Gasteiger partial charge >= 0.3 is 0 Å². The van der Waals surface area contributed by atoms with E-state index in [4.69, 9.17) is 0 Å². The van der Waals surface area contributed by atoms with Crippen LogP contribution in [0.25, 0.3) is 5.69 Å². The molecule has 0 N–H and O–H groups in total. The third-order valence-corrected chi connectivity index (χ3v) is 6.63. The van der Waals surface area contributed by atoms with Crippen molar-refractivity contribution < 1.29 is 4.79 Å². The van der Waals surface area contributed by atoms with E-state index in [0.29, 0.717) is 23.8 Å². The van der Waals surface area contributed by atoms with Crippen molar-refractivity contribution in [3.8, 4) is 5.69 Å². The zero-order valence-corrected chi connectivity index (χ0v) is 16.9. The molecule has 2 aromatic rings. The van der Waals surface area contributed by atoms with Crippen LogP contribution < -0.4 is 0 Å². The first-order valence-electron chi connectivity index (χ1n) is 9.96. The average Bonchev–Trinajstić information content (AvgIpc) is 3.25. The number of aromatic nitrogens is 2. The van der Waals surface area contributed by atoms with Gasteiger partial charge in [-0.05, 0) is 68.8 Å². The smallest absolute Gasteiger partial charge is 0.222 e. The Hall–Kier alpha value is -2.14. The summed E-state index contributed by atoms with van der Waals surface area (Å²) in [6, 6.07) is 7.02. The van der Waals surface area contributed by atoms with Gasteiger partial charge in [0.15, 0.2) is 0 Å². The maximum atomic E-state index is 12.0. The first kappa shape index (κ1) is 18.2. The zero-order chi connectivity index (χ0) is 19.1. The summed E-state index contributed by atoms with van der Waals surface area (Å²) in [5.41, 5.74) is 4.94. The second-order valence-electron chi connectivity index (χ2n) is 8.60. The Kier molecular flexibility index (Phi) is 4.81. The molecule has 1 amide bonds. The van der Waals surface area contributed by atoms with Gasteiger partial charge in [-0.3, -0.25) is 9.69 Å². The molecule has 2 fully saturated rings. The van der Waals surface area contributed by atoms with E-state index in [9.17, 15) is 4.79 Å². The zero-order valence-electron chi connectivity index (χ0n) is 16.9. The van der Waals surface area contributed by atoms with E-state index in [2.05, 4.69) is 55.3 Å². The Bertz CT molecular complexity index is 843. The minimum absolute atomic E-state index is 0.314. The third kappa shape index (κ3) is 3.65. The lowest BCUT2D eigenvalue weighted by molar-refractivity contribution is -0.134. The van der Waals surface area contributed by atoms with Crippen molar-refractivity contribution in [2.75, 3.05) is 20.6 Å². The van der Waals surface area contributed by atoms with Crippen LogP contribution in [0.3, 0.4) is 0 Å². The van der Waals surface area contributed by atoms with Gasteiger partial charge in [0.1, 0.15) is 0 Å². The highest BCUT2D eigenvalue weighted by Crippen LogP contribution is 2.40. The van der Waals surface area contributed by atoms with Gasteiger partial charge < -0.3 is 4.90 Å². The van der Waals surface area contributed by atoms with Crippen LogP contribution >= 0.6 is 0 Å². The fraction of sp³-hybridized carbons (Fsp3) is 0.545. The van der Waals surface area contributed by atoms with E-state index in [-0.39, 0.29) is 0 Å². The number of amides is 1. The predicted octanol–water partition coefficient (Wildman–Crippen LogP) is 3.18. The van der Waals surface area contributed by atoms with Gasteiger partial charge in [-0.1, -0.05) is 6.07 Å². The van der Waals surface area contributed by atoms with Gasteiger partial charge in [0.05, 0.1) is 11.9 Å². The van der Waals surface area contributed by atoms with E-state index < -0.39 is 0 Å². The van der Waals surface area contributed by atoms with Crippen LogP contribution in [0, 0.1) is 25.7 Å². The molecule has 1 aliphatic carbocycles. The van der Waals surface area contributed by atoms with Crippen LogP contribution in [-0.4, -0.2) is 52.2 Å². The number of piperidine rings is 1. The minimum Gasteiger partial charge on any atom is -0.345 e. The second kappa shape index (κ2) is 7.12. The number of fused-ring (bicyclic) bond motifs is 1. The van der Waals surface area contributed by atoms with Gasteiger partial charge in [0.2, 0.25) is 5.91 Å². The summed E-state index contributed by atoms with van der Waals surface area (Å²) in [6.07, 6.45) is 7.19. The molecule has 0 radical (unpaired) electrons. The van der Waals surface area contributed by atoms with Crippen LogP contribution in [0.5, 0.6) is 0 Å². The van der Waals surface area contributed by atoms with Crippen molar-refractivity contribution in [2.24, 2.45) is 11.8 Å². The molecule has 5 nitrogen and oxygen atoms in total. The van der Waals surface area contributed by atoms with Crippen molar-refractivity contribution in [3.05, 3.63) is 47.3 Å². The molecule has 1 saturated carbocycles. The molecule has 1 saturated heterocycles. The predicted molar refractivity (Wildman–Crippen MR) is 107 cm³/mol. The molecule has 1 aliphatic heterocycles. The quantitative estimate of drug-likeness (QED) is 0.835. The fourth-order valence-electron chi connectivity index (χ4n) is 4.72. The van der Waals surface area contributed by atoms with Crippen LogP contribution in [0.2, 0.25) is 0 Å². The maximum absolute atomic E-state index is 12.0.